The Morgan fingerprint density at radius 3 is 3.12 bits per heavy atom. The summed E-state index contributed by atoms with van der Waals surface area (Å²) in [7, 11) is 0. The van der Waals surface area contributed by atoms with Gasteiger partial charge in [0.1, 0.15) is 0 Å². The number of thioether (sulfide) groups is 1. The van der Waals surface area contributed by atoms with Gasteiger partial charge in [0.25, 0.3) is 0 Å². The minimum atomic E-state index is -0.927. The molecular formula is C11H9NO2S2. The van der Waals surface area contributed by atoms with Crippen molar-refractivity contribution in [2.45, 2.75) is 10.8 Å². The molecule has 16 heavy (non-hydrogen) atoms. The highest BCUT2D eigenvalue weighted by Gasteiger charge is 2.10. The first-order chi connectivity index (χ1) is 7.70. The SMILES string of the molecule is C=CCc1cccc2sc(SC(=O)O)nc12. The standard InChI is InChI=1S/C11H9NO2S2/c1-2-4-7-5-3-6-8-9(7)12-10(15-8)16-11(13)14/h2-3,5-6H,1,4H2,(H,13,14). The highest BCUT2D eigenvalue weighted by molar-refractivity contribution is 8.14. The van der Waals surface area contributed by atoms with Crippen LogP contribution >= 0.6 is 23.1 Å². The number of benzene rings is 1. The van der Waals surface area contributed by atoms with E-state index in [4.69, 9.17) is 5.11 Å². The molecule has 3 nitrogen and oxygen atoms in total. The zero-order valence-electron chi connectivity index (χ0n) is 8.34. The molecule has 1 heterocycles. The molecule has 0 saturated heterocycles. The molecule has 0 bridgehead atoms. The Morgan fingerprint density at radius 2 is 2.44 bits per heavy atom. The van der Waals surface area contributed by atoms with Crippen LogP contribution in [0.5, 0.6) is 0 Å². The molecule has 0 atom stereocenters. The summed E-state index contributed by atoms with van der Waals surface area (Å²) in [5.74, 6) is 0. The molecule has 82 valence electrons. The number of fused-ring (bicyclic) bond motifs is 1. The zero-order chi connectivity index (χ0) is 11.5. The molecule has 0 spiro atoms. The minimum absolute atomic E-state index is 0.569. The maximum atomic E-state index is 10.6. The van der Waals surface area contributed by atoms with Crippen LogP contribution in [0.25, 0.3) is 10.2 Å². The van der Waals surface area contributed by atoms with Gasteiger partial charge in [-0.05, 0) is 18.1 Å². The summed E-state index contributed by atoms with van der Waals surface area (Å²) in [6, 6.07) is 5.89. The smallest absolute Gasteiger partial charge is 0.372 e. The van der Waals surface area contributed by atoms with Gasteiger partial charge >= 0.3 is 5.30 Å². The van der Waals surface area contributed by atoms with E-state index in [9.17, 15) is 4.79 Å². The Morgan fingerprint density at radius 1 is 1.62 bits per heavy atom. The maximum Gasteiger partial charge on any atom is 0.372 e. The second-order valence-corrected chi connectivity index (χ2v) is 5.33. The van der Waals surface area contributed by atoms with Crippen molar-refractivity contribution >= 4 is 38.6 Å². The largest absolute Gasteiger partial charge is 0.473 e. The van der Waals surface area contributed by atoms with Crippen LogP contribution in [0.2, 0.25) is 0 Å². The van der Waals surface area contributed by atoms with E-state index in [2.05, 4.69) is 11.6 Å². The van der Waals surface area contributed by atoms with Gasteiger partial charge in [0.05, 0.1) is 10.2 Å². The van der Waals surface area contributed by atoms with Crippen LogP contribution in [0, 0.1) is 0 Å². The monoisotopic (exact) mass is 251 g/mol. The fourth-order valence-corrected chi connectivity index (χ4v) is 3.11. The molecule has 0 amide bonds. The van der Waals surface area contributed by atoms with Crippen LogP contribution < -0.4 is 0 Å². The molecule has 2 aromatic rings. The highest BCUT2D eigenvalue weighted by Crippen LogP contribution is 2.31. The van der Waals surface area contributed by atoms with E-state index in [0.717, 1.165) is 34.0 Å². The van der Waals surface area contributed by atoms with E-state index in [1.165, 1.54) is 11.3 Å². The second kappa shape index (κ2) is 4.67. The third-order valence-corrected chi connectivity index (χ3v) is 3.78. The maximum absolute atomic E-state index is 10.6. The number of rotatable bonds is 3. The van der Waals surface area contributed by atoms with Crippen LogP contribution in [0.3, 0.4) is 0 Å². The predicted octanol–water partition coefficient (Wildman–Crippen LogP) is 3.79. The number of hydrogen-bond acceptors (Lipinski definition) is 4. The predicted molar refractivity (Wildman–Crippen MR) is 67.4 cm³/mol. The van der Waals surface area contributed by atoms with E-state index in [0.29, 0.717) is 4.34 Å². The zero-order valence-corrected chi connectivity index (χ0v) is 9.98. The summed E-state index contributed by atoms with van der Waals surface area (Å²) >= 11 is 2.15. The van der Waals surface area contributed by atoms with E-state index in [1.54, 1.807) is 0 Å². The number of allylic oxidation sites excluding steroid dienone is 1. The lowest BCUT2D eigenvalue weighted by atomic mass is 10.1. The van der Waals surface area contributed by atoms with E-state index >= 15 is 0 Å². The lowest BCUT2D eigenvalue weighted by Crippen LogP contribution is -1.84. The minimum Gasteiger partial charge on any atom is -0.473 e. The summed E-state index contributed by atoms with van der Waals surface area (Å²) in [5.41, 5.74) is 1.97. The van der Waals surface area contributed by atoms with Crippen LogP contribution in [0.1, 0.15) is 5.56 Å². The first-order valence-corrected chi connectivity index (χ1v) is 6.24. The Hall–Kier alpha value is -1.33. The molecule has 1 aromatic heterocycles. The van der Waals surface area contributed by atoms with Crippen molar-refractivity contribution in [3.8, 4) is 0 Å². The topological polar surface area (TPSA) is 50.2 Å². The van der Waals surface area contributed by atoms with Crippen molar-refractivity contribution in [1.29, 1.82) is 0 Å². The van der Waals surface area contributed by atoms with Crippen molar-refractivity contribution < 1.29 is 9.90 Å². The van der Waals surface area contributed by atoms with Crippen molar-refractivity contribution in [2.75, 3.05) is 0 Å². The Bertz CT molecular complexity index is 548. The van der Waals surface area contributed by atoms with Crippen molar-refractivity contribution in [3.63, 3.8) is 0 Å². The van der Waals surface area contributed by atoms with Crippen LogP contribution in [0.4, 0.5) is 4.79 Å². The van der Waals surface area contributed by atoms with Crippen LogP contribution in [0.15, 0.2) is 35.2 Å². The molecule has 0 aliphatic rings. The molecule has 2 rings (SSSR count). The number of para-hydroxylation sites is 1. The number of thiazole rings is 1. The molecule has 5 heteroatoms. The molecule has 0 unspecified atom stereocenters. The summed E-state index contributed by atoms with van der Waals surface area (Å²) < 4.78 is 1.59. The van der Waals surface area contributed by atoms with Gasteiger partial charge in [0, 0.05) is 11.8 Å². The van der Waals surface area contributed by atoms with Crippen LogP contribution in [-0.2, 0) is 6.42 Å². The number of hydrogen-bond donors (Lipinski definition) is 1. The van der Waals surface area contributed by atoms with Gasteiger partial charge in [0.15, 0.2) is 4.34 Å². The summed E-state index contributed by atoms with van der Waals surface area (Å²) in [6.45, 7) is 3.69. The van der Waals surface area contributed by atoms with E-state index in [-0.39, 0.29) is 0 Å². The van der Waals surface area contributed by atoms with Gasteiger partial charge in [-0.2, -0.15) is 0 Å². The van der Waals surface area contributed by atoms with E-state index in [1.807, 2.05) is 24.3 Å². The number of carboxylic acid groups (broad SMARTS) is 1. The van der Waals surface area contributed by atoms with Crippen molar-refractivity contribution in [1.82, 2.24) is 4.98 Å². The second-order valence-electron chi connectivity index (χ2n) is 3.10. The van der Waals surface area contributed by atoms with Crippen molar-refractivity contribution in [2.24, 2.45) is 0 Å². The molecular weight excluding hydrogens is 242 g/mol. The normalized spacial score (nSPS) is 10.5. The molecule has 1 N–H and O–H groups in total. The Balaban J connectivity index is 2.47. The molecule has 0 radical (unpaired) electrons. The fraction of sp³-hybridized carbons (Fsp3) is 0.0909. The van der Waals surface area contributed by atoms with Gasteiger partial charge in [-0.3, -0.25) is 0 Å². The quantitative estimate of drug-likeness (QED) is 0.666. The number of aromatic nitrogens is 1. The van der Waals surface area contributed by atoms with Gasteiger partial charge in [-0.25, -0.2) is 9.78 Å². The van der Waals surface area contributed by atoms with Gasteiger partial charge in [-0.1, -0.05) is 18.2 Å². The lowest BCUT2D eigenvalue weighted by molar-refractivity contribution is 0.222. The summed E-state index contributed by atoms with van der Waals surface area (Å²) in [4.78, 5) is 14.9. The highest BCUT2D eigenvalue weighted by atomic mass is 32.2. The lowest BCUT2D eigenvalue weighted by Gasteiger charge is -1.96. The molecule has 0 aliphatic heterocycles. The molecule has 0 fully saturated rings. The van der Waals surface area contributed by atoms with Crippen LogP contribution in [-0.4, -0.2) is 15.4 Å². The number of carbonyl (C=O) groups is 1. The fourth-order valence-electron chi connectivity index (χ4n) is 1.42. The summed E-state index contributed by atoms with van der Waals surface area (Å²) in [6.07, 6.45) is 2.57. The molecule has 0 aliphatic carbocycles. The summed E-state index contributed by atoms with van der Waals surface area (Å²) in [5, 5.41) is 7.75. The Labute approximate surface area is 101 Å². The van der Waals surface area contributed by atoms with E-state index < -0.39 is 5.30 Å². The Kier molecular flexibility index (Phi) is 3.26. The first-order valence-electron chi connectivity index (χ1n) is 4.61. The average Bonchev–Trinajstić information content (AvgIpc) is 2.60. The third kappa shape index (κ3) is 2.25. The molecule has 0 saturated carbocycles. The first kappa shape index (κ1) is 11.2. The molecule has 1 aromatic carbocycles. The number of nitrogens with zero attached hydrogens (tertiary/aromatic N) is 1. The van der Waals surface area contributed by atoms with Gasteiger partial charge in [0.2, 0.25) is 0 Å². The average molecular weight is 251 g/mol. The van der Waals surface area contributed by atoms with Gasteiger partial charge in [-0.15, -0.1) is 17.9 Å². The third-order valence-electron chi connectivity index (χ3n) is 2.02. The van der Waals surface area contributed by atoms with Crippen molar-refractivity contribution in [3.05, 3.63) is 36.4 Å². The van der Waals surface area contributed by atoms with Gasteiger partial charge < -0.3 is 5.11 Å².